The lowest BCUT2D eigenvalue weighted by molar-refractivity contribution is 0.426. The smallest absolute Gasteiger partial charge is 0.150 e. The standard InChI is InChI=1S/C10H16N4/c1-3-10(4-2)5-12-7-8(10)13-6-14-9(7)11/h6,12H,3-5H2,1-2H3,(H2,11,13,14). The lowest BCUT2D eigenvalue weighted by Gasteiger charge is -2.24. The van der Waals surface area contributed by atoms with E-state index in [1.807, 2.05) is 0 Å². The Morgan fingerprint density at radius 1 is 1.43 bits per heavy atom. The van der Waals surface area contributed by atoms with Crippen LogP contribution in [0.25, 0.3) is 0 Å². The molecule has 14 heavy (non-hydrogen) atoms. The molecule has 0 radical (unpaired) electrons. The van der Waals surface area contributed by atoms with Gasteiger partial charge in [0.25, 0.3) is 0 Å². The van der Waals surface area contributed by atoms with Gasteiger partial charge in [0.2, 0.25) is 0 Å². The molecule has 0 aliphatic carbocycles. The lowest BCUT2D eigenvalue weighted by atomic mass is 9.81. The molecule has 1 aromatic rings. The maximum absolute atomic E-state index is 5.79. The molecule has 0 aromatic carbocycles. The maximum atomic E-state index is 5.79. The third-order valence-electron chi connectivity index (χ3n) is 3.34. The van der Waals surface area contributed by atoms with Crippen LogP contribution in [0.2, 0.25) is 0 Å². The van der Waals surface area contributed by atoms with Crippen molar-refractivity contribution in [3.05, 3.63) is 12.0 Å². The van der Waals surface area contributed by atoms with Crippen LogP contribution in [0.1, 0.15) is 32.4 Å². The van der Waals surface area contributed by atoms with Crippen LogP contribution in [0.15, 0.2) is 6.33 Å². The minimum atomic E-state index is 0.159. The SMILES string of the molecule is CCC1(CC)CNc2c(N)ncnc21. The molecule has 4 nitrogen and oxygen atoms in total. The van der Waals surface area contributed by atoms with Crippen molar-refractivity contribution >= 4 is 11.5 Å². The van der Waals surface area contributed by atoms with Crippen molar-refractivity contribution < 1.29 is 0 Å². The van der Waals surface area contributed by atoms with Crippen molar-refractivity contribution in [2.45, 2.75) is 32.1 Å². The van der Waals surface area contributed by atoms with Gasteiger partial charge in [-0.2, -0.15) is 0 Å². The van der Waals surface area contributed by atoms with Gasteiger partial charge in [0, 0.05) is 12.0 Å². The number of aromatic nitrogens is 2. The van der Waals surface area contributed by atoms with Gasteiger partial charge < -0.3 is 11.1 Å². The number of nitrogens with zero attached hydrogens (tertiary/aromatic N) is 2. The number of nitrogens with two attached hydrogens (primary N) is 1. The number of nitrogen functional groups attached to an aromatic ring is 1. The second kappa shape index (κ2) is 3.12. The predicted octanol–water partition coefficient (Wildman–Crippen LogP) is 1.54. The van der Waals surface area contributed by atoms with E-state index < -0.39 is 0 Å². The van der Waals surface area contributed by atoms with Crippen LogP contribution in [0, 0.1) is 0 Å². The summed E-state index contributed by atoms with van der Waals surface area (Å²) in [5, 5.41) is 3.31. The van der Waals surface area contributed by atoms with Crippen molar-refractivity contribution in [1.29, 1.82) is 0 Å². The van der Waals surface area contributed by atoms with Gasteiger partial charge in [0.05, 0.1) is 11.4 Å². The molecule has 0 fully saturated rings. The van der Waals surface area contributed by atoms with E-state index in [9.17, 15) is 0 Å². The third kappa shape index (κ3) is 1.06. The summed E-state index contributed by atoms with van der Waals surface area (Å²) >= 11 is 0. The Kier molecular flexibility index (Phi) is 2.06. The molecule has 0 saturated heterocycles. The molecule has 0 amide bonds. The largest absolute Gasteiger partial charge is 0.382 e. The van der Waals surface area contributed by atoms with Crippen molar-refractivity contribution in [1.82, 2.24) is 9.97 Å². The van der Waals surface area contributed by atoms with E-state index in [1.54, 1.807) is 6.33 Å². The van der Waals surface area contributed by atoms with Gasteiger partial charge >= 0.3 is 0 Å². The molecule has 2 heterocycles. The summed E-state index contributed by atoms with van der Waals surface area (Å²) < 4.78 is 0. The number of nitrogens with one attached hydrogen (secondary N) is 1. The van der Waals surface area contributed by atoms with E-state index in [1.165, 1.54) is 0 Å². The van der Waals surface area contributed by atoms with E-state index in [4.69, 9.17) is 5.73 Å². The molecule has 1 aliphatic heterocycles. The molecule has 1 aromatic heterocycles. The van der Waals surface area contributed by atoms with Gasteiger partial charge in [-0.1, -0.05) is 13.8 Å². The molecule has 0 saturated carbocycles. The van der Waals surface area contributed by atoms with Crippen molar-refractivity contribution in [2.24, 2.45) is 0 Å². The molecule has 0 spiro atoms. The quantitative estimate of drug-likeness (QED) is 0.746. The second-order valence-electron chi connectivity index (χ2n) is 3.82. The molecule has 4 heteroatoms. The van der Waals surface area contributed by atoms with Crippen molar-refractivity contribution in [3.63, 3.8) is 0 Å². The molecular weight excluding hydrogens is 176 g/mol. The van der Waals surface area contributed by atoms with Crippen LogP contribution in [0.5, 0.6) is 0 Å². The van der Waals surface area contributed by atoms with Crippen LogP contribution < -0.4 is 11.1 Å². The van der Waals surface area contributed by atoms with E-state index in [0.717, 1.165) is 30.8 Å². The first-order chi connectivity index (χ1) is 6.73. The van der Waals surface area contributed by atoms with Crippen LogP contribution in [0.4, 0.5) is 11.5 Å². The summed E-state index contributed by atoms with van der Waals surface area (Å²) in [6, 6.07) is 0. The topological polar surface area (TPSA) is 63.8 Å². The fourth-order valence-corrected chi connectivity index (χ4v) is 2.15. The van der Waals surface area contributed by atoms with Gasteiger partial charge in [-0.05, 0) is 12.8 Å². The Morgan fingerprint density at radius 3 is 2.79 bits per heavy atom. The van der Waals surface area contributed by atoms with Gasteiger partial charge in [0.15, 0.2) is 5.82 Å². The number of anilines is 2. The zero-order valence-corrected chi connectivity index (χ0v) is 8.67. The Balaban J connectivity index is 2.53. The highest BCUT2D eigenvalue weighted by molar-refractivity contribution is 5.69. The minimum Gasteiger partial charge on any atom is -0.382 e. The first kappa shape index (κ1) is 9.24. The van der Waals surface area contributed by atoms with E-state index in [-0.39, 0.29) is 5.41 Å². The highest BCUT2D eigenvalue weighted by Gasteiger charge is 2.38. The molecule has 0 bridgehead atoms. The van der Waals surface area contributed by atoms with Gasteiger partial charge in [-0.25, -0.2) is 9.97 Å². The number of rotatable bonds is 2. The Bertz CT molecular complexity index is 344. The third-order valence-corrected chi connectivity index (χ3v) is 3.34. The summed E-state index contributed by atoms with van der Waals surface area (Å²) in [5.74, 6) is 0.568. The van der Waals surface area contributed by atoms with E-state index in [2.05, 4.69) is 29.1 Å². The molecule has 2 rings (SSSR count). The summed E-state index contributed by atoms with van der Waals surface area (Å²) in [4.78, 5) is 8.35. The van der Waals surface area contributed by atoms with Crippen molar-refractivity contribution in [2.75, 3.05) is 17.6 Å². The van der Waals surface area contributed by atoms with Crippen molar-refractivity contribution in [3.8, 4) is 0 Å². The van der Waals surface area contributed by atoms with Crippen LogP contribution in [-0.2, 0) is 5.41 Å². The highest BCUT2D eigenvalue weighted by atomic mass is 15.1. The van der Waals surface area contributed by atoms with Gasteiger partial charge in [-0.15, -0.1) is 0 Å². The molecule has 0 atom stereocenters. The molecular formula is C10H16N4. The first-order valence-electron chi connectivity index (χ1n) is 5.08. The van der Waals surface area contributed by atoms with Crippen LogP contribution >= 0.6 is 0 Å². The molecule has 1 aliphatic rings. The predicted molar refractivity (Wildman–Crippen MR) is 57.2 cm³/mol. The number of hydrogen-bond acceptors (Lipinski definition) is 4. The Morgan fingerprint density at radius 2 is 2.14 bits per heavy atom. The first-order valence-corrected chi connectivity index (χ1v) is 5.08. The zero-order chi connectivity index (χ0) is 10.2. The summed E-state index contributed by atoms with van der Waals surface area (Å²) in [6.45, 7) is 5.31. The average Bonchev–Trinajstić information content (AvgIpc) is 2.59. The second-order valence-corrected chi connectivity index (χ2v) is 3.82. The number of hydrogen-bond donors (Lipinski definition) is 2. The fraction of sp³-hybridized carbons (Fsp3) is 0.600. The normalized spacial score (nSPS) is 17.6. The monoisotopic (exact) mass is 192 g/mol. The summed E-state index contributed by atoms with van der Waals surface area (Å²) in [6.07, 6.45) is 3.72. The molecule has 0 unspecified atom stereocenters. The van der Waals surface area contributed by atoms with Gasteiger partial charge in [0.1, 0.15) is 6.33 Å². The fourth-order valence-electron chi connectivity index (χ4n) is 2.15. The Hall–Kier alpha value is -1.32. The van der Waals surface area contributed by atoms with E-state index in [0.29, 0.717) is 5.82 Å². The van der Waals surface area contributed by atoms with E-state index >= 15 is 0 Å². The lowest BCUT2D eigenvalue weighted by Crippen LogP contribution is -2.27. The minimum absolute atomic E-state index is 0.159. The Labute approximate surface area is 83.9 Å². The maximum Gasteiger partial charge on any atom is 0.150 e. The van der Waals surface area contributed by atoms with Crippen LogP contribution in [0.3, 0.4) is 0 Å². The number of fused-ring (bicyclic) bond motifs is 1. The molecule has 76 valence electrons. The highest BCUT2D eigenvalue weighted by Crippen LogP contribution is 2.41. The zero-order valence-electron chi connectivity index (χ0n) is 8.67. The summed E-state index contributed by atoms with van der Waals surface area (Å²) in [7, 11) is 0. The average molecular weight is 192 g/mol. The summed E-state index contributed by atoms with van der Waals surface area (Å²) in [5.41, 5.74) is 7.98. The van der Waals surface area contributed by atoms with Gasteiger partial charge in [-0.3, -0.25) is 0 Å². The van der Waals surface area contributed by atoms with Crippen LogP contribution in [-0.4, -0.2) is 16.5 Å². The molecule has 3 N–H and O–H groups in total.